The molecule has 0 aliphatic heterocycles. The molecule has 1 heterocycles. The molecule has 0 saturated heterocycles. The average Bonchev–Trinajstić information content (AvgIpc) is 2.91. The van der Waals surface area contributed by atoms with Crippen LogP contribution in [0.4, 0.5) is 0 Å². The monoisotopic (exact) mass is 292 g/mol. The highest BCUT2D eigenvalue weighted by atomic mass is 35.5. The van der Waals surface area contributed by atoms with Crippen LogP contribution in [-0.2, 0) is 6.42 Å². The Labute approximate surface area is 122 Å². The van der Waals surface area contributed by atoms with Gasteiger partial charge in [-0.05, 0) is 43.4 Å². The van der Waals surface area contributed by atoms with Gasteiger partial charge < -0.3 is 9.63 Å². The Bertz CT molecular complexity index is 560. The normalized spacial score (nSPS) is 22.9. The van der Waals surface area contributed by atoms with E-state index in [0.717, 1.165) is 36.3 Å². The summed E-state index contributed by atoms with van der Waals surface area (Å²) >= 11 is 5.86. The number of aliphatic hydroxyl groups is 1. The molecule has 1 N–H and O–H groups in total. The van der Waals surface area contributed by atoms with Gasteiger partial charge in [0.2, 0.25) is 5.89 Å². The lowest BCUT2D eigenvalue weighted by Crippen LogP contribution is -2.17. The van der Waals surface area contributed by atoms with Crippen molar-refractivity contribution in [2.45, 2.75) is 44.1 Å². The minimum atomic E-state index is -0.164. The second-order valence-corrected chi connectivity index (χ2v) is 5.79. The van der Waals surface area contributed by atoms with E-state index >= 15 is 0 Å². The van der Waals surface area contributed by atoms with E-state index < -0.39 is 0 Å². The molecular weight excluding hydrogens is 276 g/mol. The summed E-state index contributed by atoms with van der Waals surface area (Å²) in [6, 6.07) is 7.66. The van der Waals surface area contributed by atoms with Crippen LogP contribution in [0.3, 0.4) is 0 Å². The average molecular weight is 293 g/mol. The smallest absolute Gasteiger partial charge is 0.229 e. The molecule has 4 nitrogen and oxygen atoms in total. The zero-order valence-electron chi connectivity index (χ0n) is 11.1. The molecule has 1 aliphatic rings. The number of rotatable bonds is 3. The number of halogens is 1. The Morgan fingerprint density at radius 3 is 2.55 bits per heavy atom. The van der Waals surface area contributed by atoms with Gasteiger partial charge in [-0.15, -0.1) is 0 Å². The molecule has 0 radical (unpaired) electrons. The first-order chi connectivity index (χ1) is 9.70. The molecule has 1 saturated carbocycles. The number of hydrogen-bond acceptors (Lipinski definition) is 4. The van der Waals surface area contributed by atoms with E-state index in [2.05, 4.69) is 10.1 Å². The van der Waals surface area contributed by atoms with Gasteiger partial charge in [0, 0.05) is 17.4 Å². The lowest BCUT2D eigenvalue weighted by Gasteiger charge is -2.22. The van der Waals surface area contributed by atoms with Crippen LogP contribution in [0.1, 0.15) is 48.9 Å². The van der Waals surface area contributed by atoms with Crippen molar-refractivity contribution in [1.82, 2.24) is 10.1 Å². The summed E-state index contributed by atoms with van der Waals surface area (Å²) in [5.41, 5.74) is 1.11. The molecule has 0 bridgehead atoms. The van der Waals surface area contributed by atoms with Crippen molar-refractivity contribution in [2.75, 3.05) is 0 Å². The number of benzene rings is 1. The third kappa shape index (κ3) is 3.19. The minimum absolute atomic E-state index is 0.164. The van der Waals surface area contributed by atoms with Crippen LogP contribution in [0.25, 0.3) is 0 Å². The van der Waals surface area contributed by atoms with Crippen LogP contribution in [0.2, 0.25) is 5.02 Å². The van der Waals surface area contributed by atoms with Gasteiger partial charge in [0.1, 0.15) is 0 Å². The number of aromatic nitrogens is 2. The number of hydrogen-bond donors (Lipinski definition) is 1. The van der Waals surface area contributed by atoms with Gasteiger partial charge in [0.25, 0.3) is 0 Å². The molecule has 0 unspecified atom stereocenters. The molecule has 0 atom stereocenters. The summed E-state index contributed by atoms with van der Waals surface area (Å²) in [5.74, 6) is 1.71. The first-order valence-electron chi connectivity index (χ1n) is 6.95. The Hall–Kier alpha value is -1.39. The lowest BCUT2D eigenvalue weighted by molar-refractivity contribution is 0.116. The molecule has 1 aromatic heterocycles. The van der Waals surface area contributed by atoms with E-state index in [1.807, 2.05) is 24.3 Å². The van der Waals surface area contributed by atoms with Gasteiger partial charge in [-0.1, -0.05) is 28.9 Å². The molecule has 20 heavy (non-hydrogen) atoms. The van der Waals surface area contributed by atoms with Crippen molar-refractivity contribution in [3.05, 3.63) is 46.6 Å². The van der Waals surface area contributed by atoms with Crippen LogP contribution < -0.4 is 0 Å². The molecule has 3 rings (SSSR count). The Balaban J connectivity index is 1.66. The molecule has 1 fully saturated rings. The summed E-state index contributed by atoms with van der Waals surface area (Å²) in [5, 5.41) is 14.3. The zero-order valence-corrected chi connectivity index (χ0v) is 11.9. The molecule has 2 aromatic rings. The zero-order chi connectivity index (χ0) is 13.9. The second-order valence-electron chi connectivity index (χ2n) is 5.36. The molecule has 5 heteroatoms. The van der Waals surface area contributed by atoms with Crippen LogP contribution in [-0.4, -0.2) is 21.4 Å². The van der Waals surface area contributed by atoms with Crippen molar-refractivity contribution in [1.29, 1.82) is 0 Å². The van der Waals surface area contributed by atoms with Crippen LogP contribution in [0.15, 0.2) is 28.8 Å². The maximum atomic E-state index is 9.52. The van der Waals surface area contributed by atoms with E-state index in [-0.39, 0.29) is 6.10 Å². The molecule has 0 spiro atoms. The maximum absolute atomic E-state index is 9.52. The third-order valence-electron chi connectivity index (χ3n) is 3.81. The van der Waals surface area contributed by atoms with Crippen molar-refractivity contribution >= 4 is 11.6 Å². The van der Waals surface area contributed by atoms with Crippen molar-refractivity contribution < 1.29 is 9.63 Å². The van der Waals surface area contributed by atoms with Gasteiger partial charge in [-0.3, -0.25) is 0 Å². The fraction of sp³-hybridized carbons (Fsp3) is 0.467. The predicted molar refractivity (Wildman–Crippen MR) is 75.8 cm³/mol. The van der Waals surface area contributed by atoms with Crippen molar-refractivity contribution in [3.63, 3.8) is 0 Å². The Morgan fingerprint density at radius 1 is 1.15 bits per heavy atom. The maximum Gasteiger partial charge on any atom is 0.229 e. The van der Waals surface area contributed by atoms with E-state index in [4.69, 9.17) is 16.1 Å². The highest BCUT2D eigenvalue weighted by Gasteiger charge is 2.25. The van der Waals surface area contributed by atoms with E-state index in [9.17, 15) is 5.11 Å². The summed E-state index contributed by atoms with van der Waals surface area (Å²) in [7, 11) is 0. The fourth-order valence-corrected chi connectivity index (χ4v) is 2.74. The predicted octanol–water partition coefficient (Wildman–Crippen LogP) is 3.33. The summed E-state index contributed by atoms with van der Waals surface area (Å²) in [4.78, 5) is 4.48. The van der Waals surface area contributed by atoms with Gasteiger partial charge >= 0.3 is 0 Å². The number of aliphatic hydroxyl groups excluding tert-OH is 1. The van der Waals surface area contributed by atoms with Gasteiger partial charge in [0.15, 0.2) is 5.82 Å². The van der Waals surface area contributed by atoms with E-state index in [1.54, 1.807) is 0 Å². The van der Waals surface area contributed by atoms with Gasteiger partial charge in [0.05, 0.1) is 6.10 Å². The minimum Gasteiger partial charge on any atom is -0.393 e. The molecule has 0 amide bonds. The Morgan fingerprint density at radius 2 is 1.85 bits per heavy atom. The molecule has 106 valence electrons. The third-order valence-corrected chi connectivity index (χ3v) is 4.06. The van der Waals surface area contributed by atoms with Crippen molar-refractivity contribution in [2.24, 2.45) is 0 Å². The summed E-state index contributed by atoms with van der Waals surface area (Å²) in [6.07, 6.45) is 3.96. The topological polar surface area (TPSA) is 59.2 Å². The summed E-state index contributed by atoms with van der Waals surface area (Å²) in [6.45, 7) is 0. The molecule has 1 aliphatic carbocycles. The standard InChI is InChI=1S/C15H17ClN2O2/c16-12-5-1-10(2-6-12)9-14-17-15(20-18-14)11-3-7-13(19)8-4-11/h1-2,5-6,11,13,19H,3-4,7-9H2. The lowest BCUT2D eigenvalue weighted by atomic mass is 9.87. The number of nitrogens with zero attached hydrogens (tertiary/aromatic N) is 2. The second kappa shape index (κ2) is 5.94. The highest BCUT2D eigenvalue weighted by molar-refractivity contribution is 6.30. The first-order valence-corrected chi connectivity index (χ1v) is 7.33. The van der Waals surface area contributed by atoms with E-state index in [1.165, 1.54) is 0 Å². The molecule has 1 aromatic carbocycles. The van der Waals surface area contributed by atoms with Crippen LogP contribution in [0, 0.1) is 0 Å². The summed E-state index contributed by atoms with van der Waals surface area (Å²) < 4.78 is 5.37. The largest absolute Gasteiger partial charge is 0.393 e. The fourth-order valence-electron chi connectivity index (χ4n) is 2.61. The van der Waals surface area contributed by atoms with Gasteiger partial charge in [-0.25, -0.2) is 0 Å². The van der Waals surface area contributed by atoms with E-state index in [0.29, 0.717) is 24.1 Å². The quantitative estimate of drug-likeness (QED) is 0.942. The molecular formula is C15H17ClN2O2. The van der Waals surface area contributed by atoms with Gasteiger partial charge in [-0.2, -0.15) is 4.98 Å². The Kier molecular flexibility index (Phi) is 4.03. The first kappa shape index (κ1) is 13.6. The SMILES string of the molecule is OC1CCC(c2nc(Cc3ccc(Cl)cc3)no2)CC1. The van der Waals surface area contributed by atoms with Crippen LogP contribution >= 0.6 is 11.6 Å². The van der Waals surface area contributed by atoms with Crippen LogP contribution in [0.5, 0.6) is 0 Å². The van der Waals surface area contributed by atoms with Crippen molar-refractivity contribution in [3.8, 4) is 0 Å². The highest BCUT2D eigenvalue weighted by Crippen LogP contribution is 2.31.